The molecule has 1 aliphatic rings. The van der Waals surface area contributed by atoms with Gasteiger partial charge in [0.2, 0.25) is 0 Å². The number of benzene rings is 1. The third-order valence-corrected chi connectivity index (χ3v) is 5.55. The van der Waals surface area contributed by atoms with Crippen LogP contribution in [0.15, 0.2) is 24.3 Å². The van der Waals surface area contributed by atoms with Crippen LogP contribution in [0.5, 0.6) is 0 Å². The molecule has 0 radical (unpaired) electrons. The first-order valence-corrected chi connectivity index (χ1v) is 8.58. The van der Waals surface area contributed by atoms with Crippen molar-refractivity contribution >= 4 is 15.5 Å². The summed E-state index contributed by atoms with van der Waals surface area (Å²) in [6, 6.07) is 8.06. The number of nitrogens with two attached hydrogens (primary N) is 1. The molecule has 2 N–H and O–H groups in total. The zero-order chi connectivity index (χ0) is 14.0. The van der Waals surface area contributed by atoms with Crippen molar-refractivity contribution in [1.29, 1.82) is 0 Å². The SMILES string of the molecule is CCC(N)c1ccccc1N1CCS(=O)(=O)CC1C. The van der Waals surface area contributed by atoms with Gasteiger partial charge in [0.1, 0.15) is 0 Å². The van der Waals surface area contributed by atoms with Crippen LogP contribution in [-0.2, 0) is 9.84 Å². The fraction of sp³-hybridized carbons (Fsp3) is 0.571. The van der Waals surface area contributed by atoms with Crippen LogP contribution >= 0.6 is 0 Å². The van der Waals surface area contributed by atoms with E-state index in [-0.39, 0.29) is 23.6 Å². The van der Waals surface area contributed by atoms with Crippen LogP contribution in [0, 0.1) is 0 Å². The monoisotopic (exact) mass is 282 g/mol. The molecule has 0 aliphatic carbocycles. The molecule has 0 bridgehead atoms. The molecule has 4 nitrogen and oxygen atoms in total. The normalized spacial score (nSPS) is 24.2. The Morgan fingerprint density at radius 1 is 1.42 bits per heavy atom. The number of hydrogen-bond donors (Lipinski definition) is 1. The molecular weight excluding hydrogens is 260 g/mol. The number of sulfone groups is 1. The lowest BCUT2D eigenvalue weighted by Gasteiger charge is -2.37. The van der Waals surface area contributed by atoms with Gasteiger partial charge in [-0.1, -0.05) is 25.1 Å². The summed E-state index contributed by atoms with van der Waals surface area (Å²) >= 11 is 0. The second-order valence-electron chi connectivity index (χ2n) is 5.23. The van der Waals surface area contributed by atoms with Gasteiger partial charge in [0.05, 0.1) is 11.5 Å². The van der Waals surface area contributed by atoms with Gasteiger partial charge in [-0.3, -0.25) is 0 Å². The number of anilines is 1. The molecular formula is C14H22N2O2S. The zero-order valence-electron chi connectivity index (χ0n) is 11.5. The summed E-state index contributed by atoms with van der Waals surface area (Å²) < 4.78 is 23.3. The lowest BCUT2D eigenvalue weighted by atomic mass is 10.0. The molecule has 1 aromatic rings. The Morgan fingerprint density at radius 2 is 2.11 bits per heavy atom. The summed E-state index contributed by atoms with van der Waals surface area (Å²) in [4.78, 5) is 2.17. The average Bonchev–Trinajstić information content (AvgIpc) is 2.37. The van der Waals surface area contributed by atoms with Crippen molar-refractivity contribution in [1.82, 2.24) is 0 Å². The van der Waals surface area contributed by atoms with Crippen molar-refractivity contribution in [3.8, 4) is 0 Å². The lowest BCUT2D eigenvalue weighted by Crippen LogP contribution is -2.47. The summed E-state index contributed by atoms with van der Waals surface area (Å²) in [6.07, 6.45) is 0.873. The highest BCUT2D eigenvalue weighted by molar-refractivity contribution is 7.91. The summed E-state index contributed by atoms with van der Waals surface area (Å²) in [5, 5.41) is 0. The molecule has 19 heavy (non-hydrogen) atoms. The van der Waals surface area contributed by atoms with Gasteiger partial charge >= 0.3 is 0 Å². The fourth-order valence-corrected chi connectivity index (χ4v) is 4.20. The standard InChI is InChI=1S/C14H22N2O2S/c1-3-13(15)12-6-4-5-7-14(12)16-8-9-19(17,18)10-11(16)2/h4-7,11,13H,3,8-10,15H2,1-2H3. The Kier molecular flexibility index (Phi) is 4.16. The fourth-order valence-electron chi connectivity index (χ4n) is 2.64. The van der Waals surface area contributed by atoms with E-state index < -0.39 is 9.84 Å². The van der Waals surface area contributed by atoms with Crippen LogP contribution in [0.25, 0.3) is 0 Å². The second kappa shape index (κ2) is 5.51. The zero-order valence-corrected chi connectivity index (χ0v) is 12.4. The molecule has 5 heteroatoms. The summed E-state index contributed by atoms with van der Waals surface area (Å²) in [7, 11) is -2.88. The van der Waals surface area contributed by atoms with E-state index >= 15 is 0 Å². The van der Waals surface area contributed by atoms with Gasteiger partial charge in [-0.2, -0.15) is 0 Å². The van der Waals surface area contributed by atoms with E-state index in [1.807, 2.05) is 31.2 Å². The van der Waals surface area contributed by atoms with Crippen molar-refractivity contribution in [3.63, 3.8) is 0 Å². The van der Waals surface area contributed by atoms with E-state index in [4.69, 9.17) is 5.73 Å². The van der Waals surface area contributed by atoms with Gasteiger partial charge in [-0.25, -0.2) is 8.42 Å². The van der Waals surface area contributed by atoms with Crippen molar-refractivity contribution in [2.24, 2.45) is 5.73 Å². The Morgan fingerprint density at radius 3 is 2.74 bits per heavy atom. The lowest BCUT2D eigenvalue weighted by molar-refractivity contribution is 0.566. The van der Waals surface area contributed by atoms with Gasteiger partial charge in [0.25, 0.3) is 0 Å². The van der Waals surface area contributed by atoms with Crippen LogP contribution in [0.2, 0.25) is 0 Å². The molecule has 0 saturated carbocycles. The molecule has 2 rings (SSSR count). The summed E-state index contributed by atoms with van der Waals surface area (Å²) in [5.74, 6) is 0.454. The molecule has 0 aromatic heterocycles. The Bertz CT molecular complexity index is 542. The maximum absolute atomic E-state index is 11.7. The van der Waals surface area contributed by atoms with E-state index in [1.54, 1.807) is 0 Å². The first kappa shape index (κ1) is 14.3. The highest BCUT2D eigenvalue weighted by Crippen LogP contribution is 2.29. The molecule has 1 saturated heterocycles. The highest BCUT2D eigenvalue weighted by Gasteiger charge is 2.29. The minimum atomic E-state index is -2.88. The van der Waals surface area contributed by atoms with Gasteiger partial charge in [-0.05, 0) is 25.0 Å². The largest absolute Gasteiger partial charge is 0.367 e. The van der Waals surface area contributed by atoms with Crippen LogP contribution in [0.3, 0.4) is 0 Å². The number of hydrogen-bond acceptors (Lipinski definition) is 4. The van der Waals surface area contributed by atoms with E-state index in [9.17, 15) is 8.42 Å². The minimum Gasteiger partial charge on any atom is -0.367 e. The Balaban J connectivity index is 2.32. The van der Waals surface area contributed by atoms with Gasteiger partial charge < -0.3 is 10.6 Å². The van der Waals surface area contributed by atoms with Crippen molar-refractivity contribution in [2.45, 2.75) is 32.4 Å². The predicted molar refractivity (Wildman–Crippen MR) is 79.1 cm³/mol. The molecule has 0 spiro atoms. The Hall–Kier alpha value is -1.07. The third kappa shape index (κ3) is 3.09. The topological polar surface area (TPSA) is 63.4 Å². The molecule has 2 atom stereocenters. The third-order valence-electron chi connectivity index (χ3n) is 3.76. The maximum atomic E-state index is 11.7. The smallest absolute Gasteiger partial charge is 0.154 e. The number of nitrogens with zero attached hydrogens (tertiary/aromatic N) is 1. The second-order valence-corrected chi connectivity index (χ2v) is 7.46. The quantitative estimate of drug-likeness (QED) is 0.917. The molecule has 0 amide bonds. The minimum absolute atomic E-state index is 0.00179. The van der Waals surface area contributed by atoms with Crippen LogP contribution < -0.4 is 10.6 Å². The molecule has 2 unspecified atom stereocenters. The van der Waals surface area contributed by atoms with Gasteiger partial charge in [-0.15, -0.1) is 0 Å². The predicted octanol–water partition coefficient (Wildman–Crippen LogP) is 1.72. The van der Waals surface area contributed by atoms with Crippen LogP contribution in [-0.4, -0.2) is 32.5 Å². The molecule has 106 valence electrons. The van der Waals surface area contributed by atoms with Crippen LogP contribution in [0.1, 0.15) is 31.9 Å². The summed E-state index contributed by atoms with van der Waals surface area (Å²) in [5.41, 5.74) is 8.35. The number of rotatable bonds is 3. The van der Waals surface area contributed by atoms with Gasteiger partial charge in [0.15, 0.2) is 9.84 Å². The average molecular weight is 282 g/mol. The van der Waals surface area contributed by atoms with Crippen LogP contribution in [0.4, 0.5) is 5.69 Å². The maximum Gasteiger partial charge on any atom is 0.154 e. The van der Waals surface area contributed by atoms with Crippen molar-refractivity contribution in [2.75, 3.05) is 23.0 Å². The molecule has 1 heterocycles. The van der Waals surface area contributed by atoms with Gasteiger partial charge in [0, 0.05) is 24.3 Å². The first-order valence-electron chi connectivity index (χ1n) is 6.76. The van der Waals surface area contributed by atoms with E-state index in [0.29, 0.717) is 6.54 Å². The van der Waals surface area contributed by atoms with E-state index in [2.05, 4.69) is 11.8 Å². The number of para-hydroxylation sites is 1. The molecule has 1 aliphatic heterocycles. The Labute approximate surface area is 115 Å². The highest BCUT2D eigenvalue weighted by atomic mass is 32.2. The molecule has 1 fully saturated rings. The first-order chi connectivity index (χ1) is 8.94. The van der Waals surface area contributed by atoms with E-state index in [1.165, 1.54) is 0 Å². The van der Waals surface area contributed by atoms with E-state index in [0.717, 1.165) is 17.7 Å². The van der Waals surface area contributed by atoms with Crippen molar-refractivity contribution < 1.29 is 8.42 Å². The van der Waals surface area contributed by atoms with Crippen molar-refractivity contribution in [3.05, 3.63) is 29.8 Å². The molecule has 1 aromatic carbocycles. The summed E-state index contributed by atoms with van der Waals surface area (Å²) in [6.45, 7) is 4.58.